The average Bonchev–Trinajstić information content (AvgIpc) is 3.18. The second-order valence-electron chi connectivity index (χ2n) is 7.97. The number of nitrogens with zero attached hydrogens (tertiary/aromatic N) is 3. The van der Waals surface area contributed by atoms with Crippen LogP contribution >= 0.6 is 0 Å². The molecule has 1 aromatic rings. The standard InChI is InChI=1S/C22H36N4O2/c1-18(28-21-10-6-5-9-20(21)27-3)15-24-22(23-2)26-14-11-19(17-26)16-25-12-7-4-8-13-25/h5-6,9-10,18-19H,4,7-8,11-17H2,1-3H3,(H,23,24). The van der Waals surface area contributed by atoms with Crippen molar-refractivity contribution in [3.05, 3.63) is 24.3 Å². The van der Waals surface area contributed by atoms with Gasteiger partial charge in [0.05, 0.1) is 13.7 Å². The Morgan fingerprint density at radius 2 is 1.93 bits per heavy atom. The maximum atomic E-state index is 6.05. The molecule has 2 fully saturated rings. The fourth-order valence-corrected chi connectivity index (χ4v) is 4.22. The number of likely N-dealkylation sites (tertiary alicyclic amines) is 2. The Balaban J connectivity index is 1.44. The number of aliphatic imine (C=N–C) groups is 1. The molecule has 2 atom stereocenters. The lowest BCUT2D eigenvalue weighted by Crippen LogP contribution is -2.44. The van der Waals surface area contributed by atoms with Crippen molar-refractivity contribution in [2.45, 2.75) is 38.7 Å². The fourth-order valence-electron chi connectivity index (χ4n) is 4.22. The van der Waals surface area contributed by atoms with E-state index in [1.807, 2.05) is 31.3 Å². The Morgan fingerprint density at radius 1 is 1.18 bits per heavy atom. The van der Waals surface area contributed by atoms with Crippen LogP contribution in [0, 0.1) is 5.92 Å². The lowest BCUT2D eigenvalue weighted by atomic mass is 10.1. The van der Waals surface area contributed by atoms with Gasteiger partial charge in [-0.05, 0) is 57.3 Å². The number of methoxy groups -OCH3 is 1. The molecule has 28 heavy (non-hydrogen) atoms. The van der Waals surface area contributed by atoms with E-state index in [2.05, 4.69) is 27.0 Å². The summed E-state index contributed by atoms with van der Waals surface area (Å²) in [5, 5.41) is 3.49. The van der Waals surface area contributed by atoms with E-state index in [0.29, 0.717) is 6.54 Å². The van der Waals surface area contributed by atoms with Crippen molar-refractivity contribution in [1.29, 1.82) is 0 Å². The molecule has 0 amide bonds. The van der Waals surface area contributed by atoms with Crippen LogP contribution in [0.4, 0.5) is 0 Å². The highest BCUT2D eigenvalue weighted by Gasteiger charge is 2.27. The molecule has 0 radical (unpaired) electrons. The monoisotopic (exact) mass is 388 g/mol. The molecular weight excluding hydrogens is 352 g/mol. The van der Waals surface area contributed by atoms with Crippen molar-refractivity contribution >= 4 is 5.96 Å². The molecule has 1 N–H and O–H groups in total. The van der Waals surface area contributed by atoms with Crippen LogP contribution in [0.25, 0.3) is 0 Å². The zero-order valence-electron chi connectivity index (χ0n) is 17.7. The van der Waals surface area contributed by atoms with Gasteiger partial charge in [0.25, 0.3) is 0 Å². The van der Waals surface area contributed by atoms with Gasteiger partial charge in [-0.1, -0.05) is 18.6 Å². The molecule has 2 unspecified atom stereocenters. The molecule has 2 aliphatic heterocycles. The maximum absolute atomic E-state index is 6.05. The maximum Gasteiger partial charge on any atom is 0.193 e. The van der Waals surface area contributed by atoms with Crippen LogP contribution in [-0.4, -0.2) is 75.3 Å². The van der Waals surface area contributed by atoms with Crippen molar-refractivity contribution in [2.24, 2.45) is 10.9 Å². The van der Waals surface area contributed by atoms with Gasteiger partial charge in [-0.15, -0.1) is 0 Å². The van der Waals surface area contributed by atoms with Crippen LogP contribution < -0.4 is 14.8 Å². The van der Waals surface area contributed by atoms with E-state index in [1.54, 1.807) is 7.11 Å². The minimum Gasteiger partial charge on any atom is -0.493 e. The molecule has 1 aromatic carbocycles. The van der Waals surface area contributed by atoms with E-state index in [1.165, 1.54) is 45.3 Å². The zero-order chi connectivity index (χ0) is 19.8. The van der Waals surface area contributed by atoms with Crippen LogP contribution in [-0.2, 0) is 0 Å². The van der Waals surface area contributed by atoms with Crippen molar-refractivity contribution in [1.82, 2.24) is 15.1 Å². The Morgan fingerprint density at radius 3 is 2.64 bits per heavy atom. The summed E-state index contributed by atoms with van der Waals surface area (Å²) in [7, 11) is 3.53. The second kappa shape index (κ2) is 10.6. The van der Waals surface area contributed by atoms with Crippen LogP contribution in [0.2, 0.25) is 0 Å². The van der Waals surface area contributed by atoms with E-state index in [4.69, 9.17) is 9.47 Å². The SMILES string of the molecule is CN=C(NCC(C)Oc1ccccc1OC)N1CCC(CN2CCCCC2)C1. The Kier molecular flexibility index (Phi) is 7.83. The molecule has 0 spiro atoms. The summed E-state index contributed by atoms with van der Waals surface area (Å²) >= 11 is 0. The number of hydrogen-bond donors (Lipinski definition) is 1. The zero-order valence-corrected chi connectivity index (χ0v) is 17.7. The Bertz CT molecular complexity index is 631. The van der Waals surface area contributed by atoms with Crippen molar-refractivity contribution in [2.75, 3.05) is 53.4 Å². The van der Waals surface area contributed by atoms with Gasteiger partial charge >= 0.3 is 0 Å². The van der Waals surface area contributed by atoms with Crippen molar-refractivity contribution in [3.8, 4) is 11.5 Å². The number of piperidine rings is 1. The van der Waals surface area contributed by atoms with Gasteiger partial charge in [-0.25, -0.2) is 0 Å². The molecular formula is C22H36N4O2. The molecule has 0 aliphatic carbocycles. The Labute approximate surface area is 169 Å². The third kappa shape index (κ3) is 5.77. The molecule has 2 aliphatic rings. The number of guanidine groups is 1. The quantitative estimate of drug-likeness (QED) is 0.575. The first-order valence-electron chi connectivity index (χ1n) is 10.7. The highest BCUT2D eigenvalue weighted by Crippen LogP contribution is 2.26. The van der Waals surface area contributed by atoms with Gasteiger partial charge in [-0.2, -0.15) is 0 Å². The summed E-state index contributed by atoms with van der Waals surface area (Å²) in [5.41, 5.74) is 0. The predicted octanol–water partition coefficient (Wildman–Crippen LogP) is 2.85. The van der Waals surface area contributed by atoms with Crippen LogP contribution in [0.15, 0.2) is 29.3 Å². The first kappa shape index (κ1) is 20.8. The smallest absolute Gasteiger partial charge is 0.193 e. The topological polar surface area (TPSA) is 49.3 Å². The van der Waals surface area contributed by atoms with E-state index in [-0.39, 0.29) is 6.10 Å². The van der Waals surface area contributed by atoms with Gasteiger partial charge in [-0.3, -0.25) is 4.99 Å². The second-order valence-corrected chi connectivity index (χ2v) is 7.97. The van der Waals surface area contributed by atoms with Gasteiger partial charge < -0.3 is 24.6 Å². The van der Waals surface area contributed by atoms with E-state index >= 15 is 0 Å². The predicted molar refractivity (Wildman–Crippen MR) is 114 cm³/mol. The molecule has 3 rings (SSSR count). The molecule has 6 heteroatoms. The fraction of sp³-hybridized carbons (Fsp3) is 0.682. The minimum absolute atomic E-state index is 0.0137. The molecule has 0 aromatic heterocycles. The first-order chi connectivity index (χ1) is 13.7. The van der Waals surface area contributed by atoms with E-state index in [0.717, 1.165) is 36.5 Å². The number of para-hydroxylation sites is 2. The number of ether oxygens (including phenoxy) is 2. The summed E-state index contributed by atoms with van der Waals surface area (Å²) < 4.78 is 11.4. The van der Waals surface area contributed by atoms with E-state index in [9.17, 15) is 0 Å². The summed E-state index contributed by atoms with van der Waals surface area (Å²) in [6.07, 6.45) is 5.40. The molecule has 156 valence electrons. The van der Waals surface area contributed by atoms with Gasteiger partial charge in [0.15, 0.2) is 17.5 Å². The molecule has 2 saturated heterocycles. The summed E-state index contributed by atoms with van der Waals surface area (Å²) in [6, 6.07) is 7.77. The molecule has 0 saturated carbocycles. The average molecular weight is 389 g/mol. The molecule has 6 nitrogen and oxygen atoms in total. The molecule has 0 bridgehead atoms. The number of benzene rings is 1. The Hall–Kier alpha value is -1.95. The summed E-state index contributed by atoms with van der Waals surface area (Å²) in [5.74, 6) is 3.27. The van der Waals surface area contributed by atoms with E-state index < -0.39 is 0 Å². The highest BCUT2D eigenvalue weighted by atomic mass is 16.5. The normalized spacial score (nSPS) is 22.2. The number of rotatable bonds is 7. The summed E-state index contributed by atoms with van der Waals surface area (Å²) in [4.78, 5) is 9.54. The lowest BCUT2D eigenvalue weighted by molar-refractivity contribution is 0.197. The first-order valence-corrected chi connectivity index (χ1v) is 10.7. The van der Waals surface area contributed by atoms with Crippen LogP contribution in [0.5, 0.6) is 11.5 Å². The van der Waals surface area contributed by atoms with Crippen molar-refractivity contribution < 1.29 is 9.47 Å². The summed E-state index contributed by atoms with van der Waals surface area (Å²) in [6.45, 7) is 8.75. The largest absolute Gasteiger partial charge is 0.493 e. The van der Waals surface area contributed by atoms with Crippen molar-refractivity contribution in [3.63, 3.8) is 0 Å². The minimum atomic E-state index is 0.0137. The number of hydrogen-bond acceptors (Lipinski definition) is 4. The van der Waals surface area contributed by atoms with Gasteiger partial charge in [0.2, 0.25) is 0 Å². The third-order valence-corrected chi connectivity index (χ3v) is 5.71. The van der Waals surface area contributed by atoms with Gasteiger partial charge in [0.1, 0.15) is 6.10 Å². The van der Waals surface area contributed by atoms with Gasteiger partial charge in [0, 0.05) is 26.7 Å². The van der Waals surface area contributed by atoms with Crippen LogP contribution in [0.3, 0.4) is 0 Å². The molecule has 2 heterocycles. The lowest BCUT2D eigenvalue weighted by Gasteiger charge is -2.29. The van der Waals surface area contributed by atoms with Crippen LogP contribution in [0.1, 0.15) is 32.6 Å². The number of nitrogens with one attached hydrogen (secondary N) is 1. The highest BCUT2D eigenvalue weighted by molar-refractivity contribution is 5.80. The third-order valence-electron chi connectivity index (χ3n) is 5.71.